The molecule has 6 rings (SSSR count). The molecular formula is C25H25FN8O3. The molecule has 12 heteroatoms. The van der Waals surface area contributed by atoms with E-state index in [1.54, 1.807) is 10.8 Å². The van der Waals surface area contributed by atoms with Crippen LogP contribution in [0.3, 0.4) is 0 Å². The molecule has 5 atom stereocenters. The number of anilines is 1. The number of pyridine rings is 2. The number of aryl methyl sites for hydroxylation is 1. The average molecular weight is 505 g/mol. The molecule has 0 aromatic carbocycles. The number of nitrogens with one attached hydrogen (secondary N) is 2. The second-order valence-corrected chi connectivity index (χ2v) is 9.65. The molecule has 11 nitrogen and oxygen atoms in total. The third-order valence-corrected chi connectivity index (χ3v) is 7.44. The van der Waals surface area contributed by atoms with Gasteiger partial charge in [0.25, 0.3) is 0 Å². The third-order valence-electron chi connectivity index (χ3n) is 7.44. The average Bonchev–Trinajstić information content (AvgIpc) is 3.43. The summed E-state index contributed by atoms with van der Waals surface area (Å²) in [6.07, 6.45) is 3.82. The summed E-state index contributed by atoms with van der Waals surface area (Å²) in [4.78, 5) is 34.6. The summed E-state index contributed by atoms with van der Waals surface area (Å²) in [6, 6.07) is 4.51. The van der Waals surface area contributed by atoms with E-state index in [-0.39, 0.29) is 17.6 Å². The van der Waals surface area contributed by atoms with Crippen LogP contribution in [-0.4, -0.2) is 64.9 Å². The topological polar surface area (TPSA) is 151 Å². The van der Waals surface area contributed by atoms with Gasteiger partial charge in [-0.05, 0) is 37.1 Å². The molecule has 0 radical (unpaired) electrons. The van der Waals surface area contributed by atoms with Crippen molar-refractivity contribution in [2.75, 3.05) is 12.4 Å². The van der Waals surface area contributed by atoms with Crippen molar-refractivity contribution < 1.29 is 19.4 Å². The van der Waals surface area contributed by atoms with E-state index in [0.29, 0.717) is 35.5 Å². The van der Waals surface area contributed by atoms with Crippen molar-refractivity contribution in [1.82, 2.24) is 34.8 Å². The Kier molecular flexibility index (Phi) is 5.39. The van der Waals surface area contributed by atoms with Crippen LogP contribution in [0.25, 0.3) is 22.6 Å². The number of amides is 1. The Labute approximate surface area is 210 Å². The van der Waals surface area contributed by atoms with Crippen molar-refractivity contribution in [2.45, 2.75) is 38.1 Å². The number of halogens is 1. The number of aliphatic hydroxyl groups is 2. The van der Waals surface area contributed by atoms with Crippen LogP contribution in [0, 0.1) is 24.1 Å². The van der Waals surface area contributed by atoms with E-state index in [0.717, 1.165) is 17.5 Å². The van der Waals surface area contributed by atoms with Gasteiger partial charge in [0.1, 0.15) is 17.4 Å². The number of aliphatic hydroxyl groups excluding tert-OH is 2. The third kappa shape index (κ3) is 3.63. The van der Waals surface area contributed by atoms with E-state index in [1.807, 2.05) is 19.1 Å². The molecule has 1 amide bonds. The Morgan fingerprint density at radius 1 is 1.24 bits per heavy atom. The fraction of sp³-hybridized carbons (Fsp3) is 0.360. The lowest BCUT2D eigenvalue weighted by molar-refractivity contribution is -0.132. The van der Waals surface area contributed by atoms with Crippen LogP contribution in [0.5, 0.6) is 0 Å². The van der Waals surface area contributed by atoms with Gasteiger partial charge in [0.15, 0.2) is 17.3 Å². The first-order valence-corrected chi connectivity index (χ1v) is 11.9. The van der Waals surface area contributed by atoms with Gasteiger partial charge in [-0.3, -0.25) is 14.8 Å². The molecule has 2 aliphatic rings. The van der Waals surface area contributed by atoms with Gasteiger partial charge >= 0.3 is 0 Å². The molecular weight excluding hydrogens is 479 g/mol. The minimum atomic E-state index is -1.22. The molecule has 0 aliphatic heterocycles. The van der Waals surface area contributed by atoms with Crippen LogP contribution < -0.4 is 10.6 Å². The number of imidazole rings is 1. The highest BCUT2D eigenvalue weighted by Gasteiger charge is 2.75. The van der Waals surface area contributed by atoms with Crippen LogP contribution in [0.1, 0.15) is 23.7 Å². The Morgan fingerprint density at radius 2 is 2.08 bits per heavy atom. The Bertz CT molecular complexity index is 1530. The first kappa shape index (κ1) is 23.4. The molecule has 0 spiro atoms. The Balaban J connectivity index is 1.45. The standard InChI is InChI=1S/C25H25FN8O3/c1-12-3-4-29-15(5-12)10-30-22-17-23(33-21(32-22)13-6-14(26)9-28-8-13)34(11-31-17)18-16-7-25(16,24(37)27-2)20(36)19(18)35/h3-6,8-9,11,16,18-20,35-36H,7,10H2,1-2H3,(H,27,37)(H,30,32,33)/t16-,18?,19+,20+,25+/m1/s1. The highest BCUT2D eigenvalue weighted by atomic mass is 19.1. The molecule has 190 valence electrons. The number of carbonyl (C=O) groups is 1. The number of aromatic nitrogens is 6. The van der Waals surface area contributed by atoms with Crippen LogP contribution in [0.2, 0.25) is 0 Å². The van der Waals surface area contributed by atoms with Gasteiger partial charge in [0, 0.05) is 30.9 Å². The van der Waals surface area contributed by atoms with Crippen LogP contribution in [0.15, 0.2) is 43.1 Å². The van der Waals surface area contributed by atoms with Crippen molar-refractivity contribution in [2.24, 2.45) is 11.3 Å². The molecule has 2 aliphatic carbocycles. The number of hydrogen-bond acceptors (Lipinski definition) is 9. The summed E-state index contributed by atoms with van der Waals surface area (Å²) >= 11 is 0. The zero-order valence-corrected chi connectivity index (χ0v) is 20.1. The summed E-state index contributed by atoms with van der Waals surface area (Å²) in [7, 11) is 1.51. The van der Waals surface area contributed by atoms with Gasteiger partial charge < -0.3 is 25.4 Å². The van der Waals surface area contributed by atoms with Crippen molar-refractivity contribution in [1.29, 1.82) is 0 Å². The zero-order valence-electron chi connectivity index (χ0n) is 20.1. The van der Waals surface area contributed by atoms with Crippen molar-refractivity contribution in [3.05, 3.63) is 60.2 Å². The zero-order chi connectivity index (χ0) is 25.9. The van der Waals surface area contributed by atoms with Gasteiger partial charge in [0.05, 0.1) is 42.3 Å². The monoisotopic (exact) mass is 504 g/mol. The Morgan fingerprint density at radius 3 is 2.84 bits per heavy atom. The molecule has 4 aromatic heterocycles. The molecule has 4 aromatic rings. The number of nitrogens with zero attached hydrogens (tertiary/aromatic N) is 6. The van der Waals surface area contributed by atoms with E-state index in [9.17, 15) is 19.4 Å². The fourth-order valence-electron chi connectivity index (χ4n) is 5.58. The second kappa shape index (κ2) is 8.53. The summed E-state index contributed by atoms with van der Waals surface area (Å²) in [6.45, 7) is 2.33. The quantitative estimate of drug-likeness (QED) is 0.305. The number of fused-ring (bicyclic) bond motifs is 2. The SMILES string of the molecule is CNC(=O)[C@@]12C[C@@H]1C(n1cnc3c(NCc4cc(C)ccn4)nc(-c4cncc(F)c4)nc31)[C@H](O)[C@@H]2O. The maximum Gasteiger partial charge on any atom is 0.229 e. The highest BCUT2D eigenvalue weighted by molar-refractivity contribution is 5.88. The van der Waals surface area contributed by atoms with E-state index < -0.39 is 29.5 Å². The molecule has 1 unspecified atom stereocenters. The van der Waals surface area contributed by atoms with E-state index in [2.05, 4.69) is 35.6 Å². The van der Waals surface area contributed by atoms with Gasteiger partial charge in [-0.1, -0.05) is 0 Å². The van der Waals surface area contributed by atoms with E-state index in [4.69, 9.17) is 0 Å². The smallest absolute Gasteiger partial charge is 0.229 e. The van der Waals surface area contributed by atoms with Crippen LogP contribution in [-0.2, 0) is 11.3 Å². The first-order valence-electron chi connectivity index (χ1n) is 11.9. The summed E-state index contributed by atoms with van der Waals surface area (Å²) in [5.41, 5.74) is 1.99. The number of rotatable bonds is 6. The first-order chi connectivity index (χ1) is 17.8. The summed E-state index contributed by atoms with van der Waals surface area (Å²) in [5.74, 6) is -0.520. The van der Waals surface area contributed by atoms with Crippen molar-refractivity contribution in [3.63, 3.8) is 0 Å². The van der Waals surface area contributed by atoms with Crippen molar-refractivity contribution >= 4 is 22.9 Å². The predicted molar refractivity (Wildman–Crippen MR) is 130 cm³/mol. The molecule has 4 N–H and O–H groups in total. The minimum absolute atomic E-state index is 0.211. The number of carbonyl (C=O) groups excluding carboxylic acids is 1. The molecule has 0 bridgehead atoms. The second-order valence-electron chi connectivity index (χ2n) is 9.65. The van der Waals surface area contributed by atoms with E-state index in [1.165, 1.54) is 25.6 Å². The lowest BCUT2D eigenvalue weighted by Gasteiger charge is -2.23. The van der Waals surface area contributed by atoms with Gasteiger partial charge in [-0.2, -0.15) is 0 Å². The normalized spacial score (nSPS) is 26.2. The van der Waals surface area contributed by atoms with Gasteiger partial charge in [-0.15, -0.1) is 0 Å². The molecule has 37 heavy (non-hydrogen) atoms. The largest absolute Gasteiger partial charge is 0.389 e. The lowest BCUT2D eigenvalue weighted by atomic mass is 9.98. The molecule has 2 saturated carbocycles. The predicted octanol–water partition coefficient (Wildman–Crippen LogP) is 1.37. The minimum Gasteiger partial charge on any atom is -0.389 e. The van der Waals surface area contributed by atoms with Crippen LogP contribution >= 0.6 is 0 Å². The number of hydrogen-bond donors (Lipinski definition) is 4. The fourth-order valence-corrected chi connectivity index (χ4v) is 5.58. The summed E-state index contributed by atoms with van der Waals surface area (Å²) < 4.78 is 15.7. The maximum absolute atomic E-state index is 14.0. The maximum atomic E-state index is 14.0. The van der Waals surface area contributed by atoms with Gasteiger partial charge in [0.2, 0.25) is 5.91 Å². The lowest BCUT2D eigenvalue weighted by Crippen LogP contribution is -2.41. The Hall–Kier alpha value is -4.03. The van der Waals surface area contributed by atoms with Crippen molar-refractivity contribution in [3.8, 4) is 11.4 Å². The molecule has 2 fully saturated rings. The highest BCUT2D eigenvalue weighted by Crippen LogP contribution is 2.67. The van der Waals surface area contributed by atoms with Gasteiger partial charge in [-0.25, -0.2) is 19.3 Å². The van der Waals surface area contributed by atoms with E-state index >= 15 is 0 Å². The molecule has 0 saturated heterocycles. The van der Waals surface area contributed by atoms with Crippen LogP contribution in [0.4, 0.5) is 10.2 Å². The molecule has 4 heterocycles. The summed E-state index contributed by atoms with van der Waals surface area (Å²) in [5, 5.41) is 27.6.